The number of fused-ring (bicyclic) bond motifs is 2. The van der Waals surface area contributed by atoms with Crippen molar-refractivity contribution >= 4 is 11.1 Å². The summed E-state index contributed by atoms with van der Waals surface area (Å²) in [6.45, 7) is 0. The van der Waals surface area contributed by atoms with Crippen LogP contribution < -0.4 is 10.4 Å². The van der Waals surface area contributed by atoms with E-state index in [2.05, 4.69) is 127 Å². The Morgan fingerprint density at radius 3 is 1.83 bits per heavy atom. The largest absolute Gasteiger partial charge is 0.0758 e. The number of hydrogen-bond acceptors (Lipinski definition) is 0. The number of allylic oxidation sites excluding steroid dienone is 8. The summed E-state index contributed by atoms with van der Waals surface area (Å²) in [5.74, 6) is 5.10. The van der Waals surface area contributed by atoms with Crippen LogP contribution in [0.1, 0.15) is 43.2 Å². The Labute approximate surface area is 244 Å². The minimum absolute atomic E-state index is 0.265. The summed E-state index contributed by atoms with van der Waals surface area (Å²) in [4.78, 5) is 0. The maximum atomic E-state index is 2.74. The van der Waals surface area contributed by atoms with Crippen LogP contribution in [0.2, 0.25) is 0 Å². The molecule has 7 aliphatic carbocycles. The molecule has 0 heterocycles. The van der Waals surface area contributed by atoms with Crippen LogP contribution in [0.15, 0.2) is 133 Å². The van der Waals surface area contributed by atoms with E-state index in [1.165, 1.54) is 59.2 Å². The molecule has 41 heavy (non-hydrogen) atoms. The molecule has 0 spiro atoms. The van der Waals surface area contributed by atoms with Gasteiger partial charge in [0.15, 0.2) is 0 Å². The summed E-state index contributed by atoms with van der Waals surface area (Å²) in [7, 11) is 0. The zero-order chi connectivity index (χ0) is 27.0. The van der Waals surface area contributed by atoms with Crippen LogP contribution in [0.5, 0.6) is 0 Å². The molecule has 0 radical (unpaired) electrons. The maximum absolute atomic E-state index is 2.74. The second-order valence-electron chi connectivity index (χ2n) is 13.7. The van der Waals surface area contributed by atoms with E-state index in [1.807, 2.05) is 0 Å². The van der Waals surface area contributed by atoms with E-state index in [-0.39, 0.29) is 17.3 Å². The van der Waals surface area contributed by atoms with Gasteiger partial charge in [-0.05, 0) is 100.0 Å². The highest BCUT2D eigenvalue weighted by Crippen LogP contribution is 2.60. The molecule has 0 aromatic heterocycles. The minimum Gasteiger partial charge on any atom is -0.0758 e. The van der Waals surface area contributed by atoms with Crippen molar-refractivity contribution in [1.82, 2.24) is 0 Å². The molecule has 2 atom stereocenters. The van der Waals surface area contributed by atoms with Gasteiger partial charge in [0.1, 0.15) is 0 Å². The second-order valence-corrected chi connectivity index (χ2v) is 13.7. The highest BCUT2D eigenvalue weighted by molar-refractivity contribution is 5.87. The molecule has 3 aromatic carbocycles. The fraction of sp³-hybridized carbons (Fsp3) is 0.317. The molecule has 0 N–H and O–H groups in total. The quantitative estimate of drug-likeness (QED) is 0.314. The van der Waals surface area contributed by atoms with E-state index in [0.717, 1.165) is 29.6 Å². The topological polar surface area (TPSA) is 0 Å². The molecular formula is C41H38. The van der Waals surface area contributed by atoms with Gasteiger partial charge >= 0.3 is 0 Å². The molecule has 2 unspecified atom stereocenters. The number of hydrogen-bond donors (Lipinski definition) is 0. The normalized spacial score (nSPS) is 32.4. The van der Waals surface area contributed by atoms with Gasteiger partial charge in [0.05, 0.1) is 5.41 Å². The van der Waals surface area contributed by atoms with E-state index >= 15 is 0 Å². The van der Waals surface area contributed by atoms with E-state index in [0.29, 0.717) is 0 Å². The first kappa shape index (κ1) is 24.0. The van der Waals surface area contributed by atoms with Gasteiger partial charge in [0, 0.05) is 11.8 Å². The van der Waals surface area contributed by atoms with Crippen LogP contribution in [0.3, 0.4) is 0 Å². The molecule has 0 saturated heterocycles. The molecule has 0 nitrogen and oxygen atoms in total. The first-order valence-electron chi connectivity index (χ1n) is 16.0. The third-order valence-electron chi connectivity index (χ3n) is 11.7. The van der Waals surface area contributed by atoms with Crippen LogP contribution in [-0.4, -0.2) is 0 Å². The fourth-order valence-electron chi connectivity index (χ4n) is 10.6. The Kier molecular flexibility index (Phi) is 5.38. The Morgan fingerprint density at radius 1 is 0.561 bits per heavy atom. The van der Waals surface area contributed by atoms with Crippen LogP contribution in [0.25, 0.3) is 11.1 Å². The lowest BCUT2D eigenvalue weighted by Crippen LogP contribution is -2.45. The lowest BCUT2D eigenvalue weighted by atomic mass is 9.50. The standard InChI is InChI=1S/C41H38/c1-3-11-32(12-4-1)41(33-13-5-2-6-14-33,40-37-17-9-7-15-35(37)36-16-8-10-18-38(36)40)34-20-19-29(26-34)39-30-22-27-21-28(24-30)25-31(39)23-27/h1-20,26-28,30-31,34,37,39H,21-25H2. The third-order valence-corrected chi connectivity index (χ3v) is 11.7. The molecular weight excluding hydrogens is 492 g/mol. The van der Waals surface area contributed by atoms with Crippen molar-refractivity contribution in [2.45, 2.75) is 37.5 Å². The molecule has 0 heteroatoms. The SMILES string of the molecule is C1=CC2=c3ccccc3=C(C(c3ccccc3)(c3ccccc3)C3C=CC(C4C5CC6CC(C5)CC4C6)=C3)C2C=C1. The predicted molar refractivity (Wildman–Crippen MR) is 169 cm³/mol. The molecule has 10 rings (SSSR count). The van der Waals surface area contributed by atoms with Crippen molar-refractivity contribution in [2.75, 3.05) is 0 Å². The van der Waals surface area contributed by atoms with E-state index < -0.39 is 0 Å². The molecule has 0 aliphatic heterocycles. The Morgan fingerprint density at radius 2 is 1.17 bits per heavy atom. The summed E-state index contributed by atoms with van der Waals surface area (Å²) in [6.07, 6.45) is 24.6. The number of rotatable bonds is 5. The summed E-state index contributed by atoms with van der Waals surface area (Å²) in [5.41, 5.74) is 7.13. The summed E-state index contributed by atoms with van der Waals surface area (Å²) in [6, 6.07) is 32.1. The zero-order valence-electron chi connectivity index (χ0n) is 23.7. The molecule has 0 amide bonds. The molecule has 4 fully saturated rings. The van der Waals surface area contributed by atoms with Gasteiger partial charge < -0.3 is 0 Å². The first-order chi connectivity index (χ1) is 20.3. The van der Waals surface area contributed by atoms with Crippen molar-refractivity contribution in [3.8, 4) is 0 Å². The molecule has 7 aliphatic rings. The Bertz CT molecular complexity index is 1680. The fourth-order valence-corrected chi connectivity index (χ4v) is 10.6. The second kappa shape index (κ2) is 9.18. The molecule has 4 bridgehead atoms. The highest BCUT2D eigenvalue weighted by Gasteiger charge is 2.52. The monoisotopic (exact) mass is 530 g/mol. The third kappa shape index (κ3) is 3.46. The van der Waals surface area contributed by atoms with Crippen LogP contribution in [0, 0.1) is 41.4 Å². The van der Waals surface area contributed by atoms with Gasteiger partial charge in [0.2, 0.25) is 0 Å². The summed E-state index contributed by atoms with van der Waals surface area (Å²) in [5, 5.41) is 2.82. The highest BCUT2D eigenvalue weighted by atomic mass is 14.6. The summed E-state index contributed by atoms with van der Waals surface area (Å²) >= 11 is 0. The molecule has 3 aromatic rings. The lowest BCUT2D eigenvalue weighted by molar-refractivity contribution is -0.0194. The van der Waals surface area contributed by atoms with Crippen LogP contribution in [0.4, 0.5) is 0 Å². The lowest BCUT2D eigenvalue weighted by Gasteiger charge is -2.55. The van der Waals surface area contributed by atoms with Gasteiger partial charge in [-0.1, -0.05) is 127 Å². The first-order valence-corrected chi connectivity index (χ1v) is 16.0. The van der Waals surface area contributed by atoms with Crippen LogP contribution in [-0.2, 0) is 5.41 Å². The Balaban J connectivity index is 1.30. The average Bonchev–Trinajstić information content (AvgIpc) is 3.63. The van der Waals surface area contributed by atoms with E-state index in [1.54, 1.807) is 11.1 Å². The van der Waals surface area contributed by atoms with Crippen molar-refractivity contribution < 1.29 is 0 Å². The summed E-state index contributed by atoms with van der Waals surface area (Å²) < 4.78 is 0. The van der Waals surface area contributed by atoms with Crippen molar-refractivity contribution in [1.29, 1.82) is 0 Å². The Hall–Kier alpha value is -3.64. The smallest absolute Gasteiger partial charge is 0.0526 e. The van der Waals surface area contributed by atoms with Crippen molar-refractivity contribution in [2.24, 2.45) is 41.4 Å². The number of benzene rings is 3. The van der Waals surface area contributed by atoms with Gasteiger partial charge in [-0.2, -0.15) is 0 Å². The maximum Gasteiger partial charge on any atom is 0.0526 e. The van der Waals surface area contributed by atoms with E-state index in [4.69, 9.17) is 0 Å². The average molecular weight is 531 g/mol. The van der Waals surface area contributed by atoms with Gasteiger partial charge in [-0.15, -0.1) is 0 Å². The van der Waals surface area contributed by atoms with E-state index in [9.17, 15) is 0 Å². The van der Waals surface area contributed by atoms with Gasteiger partial charge in [0.25, 0.3) is 0 Å². The molecule has 4 saturated carbocycles. The van der Waals surface area contributed by atoms with Gasteiger partial charge in [-0.25, -0.2) is 0 Å². The molecule has 202 valence electrons. The van der Waals surface area contributed by atoms with Crippen molar-refractivity contribution in [3.05, 3.63) is 155 Å². The predicted octanol–water partition coefficient (Wildman–Crippen LogP) is 7.91. The van der Waals surface area contributed by atoms with Crippen LogP contribution >= 0.6 is 0 Å². The van der Waals surface area contributed by atoms with Gasteiger partial charge in [-0.3, -0.25) is 0 Å². The van der Waals surface area contributed by atoms with Crippen molar-refractivity contribution in [3.63, 3.8) is 0 Å². The zero-order valence-corrected chi connectivity index (χ0v) is 23.7. The minimum atomic E-state index is -0.301.